The van der Waals surface area contributed by atoms with Crippen molar-refractivity contribution in [3.8, 4) is 0 Å². The van der Waals surface area contributed by atoms with Crippen molar-refractivity contribution in [2.75, 3.05) is 11.9 Å². The lowest BCUT2D eigenvalue weighted by atomic mass is 10.3. The first-order valence-electron chi connectivity index (χ1n) is 6.93. The quantitative estimate of drug-likeness (QED) is 0.779. The average Bonchev–Trinajstić information content (AvgIpc) is 2.51. The van der Waals surface area contributed by atoms with Crippen LogP contribution in [-0.4, -0.2) is 22.4 Å². The summed E-state index contributed by atoms with van der Waals surface area (Å²) < 4.78 is 0. The van der Waals surface area contributed by atoms with Crippen LogP contribution in [0.5, 0.6) is 0 Å². The van der Waals surface area contributed by atoms with Crippen molar-refractivity contribution in [3.63, 3.8) is 0 Å². The van der Waals surface area contributed by atoms with E-state index in [9.17, 15) is 4.79 Å². The van der Waals surface area contributed by atoms with Crippen LogP contribution in [0, 0.1) is 0 Å². The fourth-order valence-corrected chi connectivity index (χ4v) is 2.07. The third-order valence-corrected chi connectivity index (χ3v) is 3.44. The van der Waals surface area contributed by atoms with E-state index in [2.05, 4.69) is 27.5 Å². The molecule has 5 nitrogen and oxygen atoms in total. The maximum absolute atomic E-state index is 12.0. The molecular weight excluding hydrogens is 323 g/mol. The van der Waals surface area contributed by atoms with Crippen LogP contribution in [0.3, 0.4) is 0 Å². The Morgan fingerprint density at radius 1 is 1.27 bits per heavy atom. The highest BCUT2D eigenvalue weighted by Gasteiger charge is 2.09. The molecule has 2 aromatic rings. The number of carbonyl (C=O) groups excluding carboxylic acids is 1. The highest BCUT2D eigenvalue weighted by atomic mass is 35.5. The van der Waals surface area contributed by atoms with E-state index < -0.39 is 0 Å². The van der Waals surface area contributed by atoms with Gasteiger partial charge in [0.1, 0.15) is 5.69 Å². The number of amides is 1. The molecule has 2 N–H and O–H groups in total. The van der Waals surface area contributed by atoms with Gasteiger partial charge in [0.25, 0.3) is 5.91 Å². The highest BCUT2D eigenvalue weighted by Crippen LogP contribution is 2.27. The molecule has 116 valence electrons. The summed E-state index contributed by atoms with van der Waals surface area (Å²) in [6.07, 6.45) is 3.46. The molecule has 0 aliphatic heterocycles. The number of hydrogen-bond acceptors (Lipinski definition) is 4. The summed E-state index contributed by atoms with van der Waals surface area (Å²) in [4.78, 5) is 20.2. The molecule has 2 rings (SSSR count). The SMILES string of the molecule is CCCCNC(=O)c1ccnc(Nc2cc(Cl)ccc2Cl)n1. The van der Waals surface area contributed by atoms with E-state index in [0.29, 0.717) is 28.0 Å². The molecule has 0 saturated carbocycles. The number of unbranched alkanes of at least 4 members (excludes halogenated alkanes) is 1. The molecule has 0 atom stereocenters. The van der Waals surface area contributed by atoms with Crippen LogP contribution in [0.15, 0.2) is 30.5 Å². The summed E-state index contributed by atoms with van der Waals surface area (Å²) in [6.45, 7) is 2.69. The van der Waals surface area contributed by atoms with Crippen LogP contribution >= 0.6 is 23.2 Å². The van der Waals surface area contributed by atoms with Crippen LogP contribution < -0.4 is 10.6 Å². The van der Waals surface area contributed by atoms with Crippen LogP contribution in [0.25, 0.3) is 0 Å². The van der Waals surface area contributed by atoms with Gasteiger partial charge in [-0.3, -0.25) is 4.79 Å². The largest absolute Gasteiger partial charge is 0.351 e. The van der Waals surface area contributed by atoms with E-state index in [0.717, 1.165) is 12.8 Å². The average molecular weight is 339 g/mol. The monoisotopic (exact) mass is 338 g/mol. The Labute approximate surface area is 139 Å². The molecule has 1 aromatic carbocycles. The van der Waals surface area contributed by atoms with E-state index >= 15 is 0 Å². The molecular formula is C15H16Cl2N4O. The third kappa shape index (κ3) is 4.58. The fourth-order valence-electron chi connectivity index (χ4n) is 1.73. The smallest absolute Gasteiger partial charge is 0.270 e. The van der Waals surface area contributed by atoms with Crippen molar-refractivity contribution in [1.82, 2.24) is 15.3 Å². The van der Waals surface area contributed by atoms with E-state index in [1.54, 1.807) is 24.3 Å². The minimum Gasteiger partial charge on any atom is -0.351 e. The molecule has 0 fully saturated rings. The highest BCUT2D eigenvalue weighted by molar-refractivity contribution is 6.35. The summed E-state index contributed by atoms with van der Waals surface area (Å²) in [5.74, 6) is 0.0587. The maximum Gasteiger partial charge on any atom is 0.270 e. The van der Waals surface area contributed by atoms with Crippen molar-refractivity contribution in [3.05, 3.63) is 46.2 Å². The Morgan fingerprint density at radius 3 is 2.86 bits per heavy atom. The second kappa shape index (κ2) is 7.96. The van der Waals surface area contributed by atoms with E-state index in [4.69, 9.17) is 23.2 Å². The molecule has 0 aliphatic carbocycles. The van der Waals surface area contributed by atoms with Crippen LogP contribution in [0.1, 0.15) is 30.3 Å². The van der Waals surface area contributed by atoms with Gasteiger partial charge in [-0.15, -0.1) is 0 Å². The lowest BCUT2D eigenvalue weighted by Crippen LogP contribution is -2.25. The zero-order chi connectivity index (χ0) is 15.9. The molecule has 1 heterocycles. The van der Waals surface area contributed by atoms with Crippen LogP contribution in [-0.2, 0) is 0 Å². The topological polar surface area (TPSA) is 66.9 Å². The predicted octanol–water partition coefficient (Wildman–Crippen LogP) is 4.06. The van der Waals surface area contributed by atoms with Crippen molar-refractivity contribution in [2.45, 2.75) is 19.8 Å². The molecule has 0 unspecified atom stereocenters. The molecule has 0 radical (unpaired) electrons. The van der Waals surface area contributed by atoms with Gasteiger partial charge in [-0.05, 0) is 30.7 Å². The van der Waals surface area contributed by atoms with E-state index in [1.165, 1.54) is 6.20 Å². The summed E-state index contributed by atoms with van der Waals surface area (Å²) in [5, 5.41) is 6.80. The Hall–Kier alpha value is -1.85. The Balaban J connectivity index is 2.11. The van der Waals surface area contributed by atoms with Gasteiger partial charge < -0.3 is 10.6 Å². The number of nitrogens with zero attached hydrogens (tertiary/aromatic N) is 2. The number of rotatable bonds is 6. The number of hydrogen-bond donors (Lipinski definition) is 2. The Bertz CT molecular complexity index is 664. The zero-order valence-corrected chi connectivity index (χ0v) is 13.6. The number of anilines is 2. The Morgan fingerprint density at radius 2 is 2.09 bits per heavy atom. The number of halogens is 2. The molecule has 0 aliphatic rings. The number of aromatic nitrogens is 2. The predicted molar refractivity (Wildman–Crippen MR) is 89.0 cm³/mol. The minimum atomic E-state index is -0.226. The first-order chi connectivity index (χ1) is 10.6. The van der Waals surface area contributed by atoms with Gasteiger partial charge >= 0.3 is 0 Å². The number of carbonyl (C=O) groups is 1. The third-order valence-electron chi connectivity index (χ3n) is 2.88. The minimum absolute atomic E-state index is 0.226. The van der Waals surface area contributed by atoms with E-state index in [1.807, 2.05) is 0 Å². The van der Waals surface area contributed by atoms with Gasteiger partial charge in [-0.25, -0.2) is 9.97 Å². The normalized spacial score (nSPS) is 10.3. The van der Waals surface area contributed by atoms with Crippen molar-refractivity contribution < 1.29 is 4.79 Å². The summed E-state index contributed by atoms with van der Waals surface area (Å²) in [7, 11) is 0. The van der Waals surface area contributed by atoms with Gasteiger partial charge in [0, 0.05) is 17.8 Å². The Kier molecular flexibility index (Phi) is 5.98. The van der Waals surface area contributed by atoms with Gasteiger partial charge in [-0.1, -0.05) is 36.5 Å². The van der Waals surface area contributed by atoms with Gasteiger partial charge in [0.15, 0.2) is 0 Å². The summed E-state index contributed by atoms with van der Waals surface area (Å²) in [6, 6.07) is 6.59. The van der Waals surface area contributed by atoms with Gasteiger partial charge in [0.2, 0.25) is 5.95 Å². The number of benzene rings is 1. The van der Waals surface area contributed by atoms with E-state index in [-0.39, 0.29) is 11.9 Å². The van der Waals surface area contributed by atoms with Gasteiger partial charge in [0.05, 0.1) is 10.7 Å². The fraction of sp³-hybridized carbons (Fsp3) is 0.267. The van der Waals surface area contributed by atoms with Crippen LogP contribution in [0.2, 0.25) is 10.0 Å². The standard InChI is InChI=1S/C15H16Cl2N4O/c1-2-3-7-18-14(22)12-6-8-19-15(20-12)21-13-9-10(16)4-5-11(13)17/h4-6,8-9H,2-3,7H2,1H3,(H,18,22)(H,19,20,21). The molecule has 1 aromatic heterocycles. The second-order valence-corrected chi connectivity index (χ2v) is 5.47. The molecule has 1 amide bonds. The lowest BCUT2D eigenvalue weighted by Gasteiger charge is -2.08. The summed E-state index contributed by atoms with van der Waals surface area (Å²) >= 11 is 12.0. The maximum atomic E-state index is 12.0. The second-order valence-electron chi connectivity index (χ2n) is 4.62. The molecule has 7 heteroatoms. The van der Waals surface area contributed by atoms with Crippen molar-refractivity contribution >= 4 is 40.7 Å². The lowest BCUT2D eigenvalue weighted by molar-refractivity contribution is 0.0948. The van der Waals surface area contributed by atoms with Crippen molar-refractivity contribution in [1.29, 1.82) is 0 Å². The summed E-state index contributed by atoms with van der Waals surface area (Å²) in [5.41, 5.74) is 0.879. The van der Waals surface area contributed by atoms with Gasteiger partial charge in [-0.2, -0.15) is 0 Å². The molecule has 0 spiro atoms. The van der Waals surface area contributed by atoms with Crippen molar-refractivity contribution in [2.24, 2.45) is 0 Å². The number of nitrogens with one attached hydrogen (secondary N) is 2. The molecule has 22 heavy (non-hydrogen) atoms. The first-order valence-corrected chi connectivity index (χ1v) is 7.69. The zero-order valence-electron chi connectivity index (χ0n) is 12.1. The first kappa shape index (κ1) is 16.5. The molecule has 0 saturated heterocycles. The molecule has 0 bridgehead atoms. The van der Waals surface area contributed by atoms with Crippen LogP contribution in [0.4, 0.5) is 11.6 Å².